The molecule has 0 spiro atoms. The average Bonchev–Trinajstić information content (AvgIpc) is 2.89. The lowest BCUT2D eigenvalue weighted by Gasteiger charge is -2.10. The molecule has 6 heteroatoms. The third-order valence-electron chi connectivity index (χ3n) is 2.68. The van der Waals surface area contributed by atoms with E-state index >= 15 is 0 Å². The van der Waals surface area contributed by atoms with Crippen LogP contribution in [0.25, 0.3) is 0 Å². The second-order valence-electron chi connectivity index (χ2n) is 4.24. The molecule has 0 saturated heterocycles. The number of carbonyl (C=O) groups excluding carboxylic acids is 1. The Balaban J connectivity index is 1.80. The van der Waals surface area contributed by atoms with Crippen molar-refractivity contribution in [3.63, 3.8) is 0 Å². The predicted octanol–water partition coefficient (Wildman–Crippen LogP) is 1.12. The lowest BCUT2D eigenvalue weighted by Crippen LogP contribution is -2.28. The number of rotatable bonds is 6. The van der Waals surface area contributed by atoms with Gasteiger partial charge in [0.25, 0.3) is 5.91 Å². The highest BCUT2D eigenvalue weighted by atomic mass is 16.5. The van der Waals surface area contributed by atoms with E-state index in [4.69, 9.17) is 9.47 Å². The Bertz CT molecular complexity index is 581. The summed E-state index contributed by atoms with van der Waals surface area (Å²) >= 11 is 0. The zero-order valence-corrected chi connectivity index (χ0v) is 11.5. The first-order valence-electron chi connectivity index (χ1n) is 6.19. The molecule has 0 bridgehead atoms. The summed E-state index contributed by atoms with van der Waals surface area (Å²) in [6, 6.07) is 7.20. The van der Waals surface area contributed by atoms with Crippen LogP contribution in [0.15, 0.2) is 36.7 Å². The molecular formula is C14H17N3O3. The van der Waals surface area contributed by atoms with E-state index in [1.54, 1.807) is 30.1 Å². The van der Waals surface area contributed by atoms with Crippen molar-refractivity contribution >= 4 is 5.91 Å². The second-order valence-corrected chi connectivity index (χ2v) is 4.24. The molecule has 6 nitrogen and oxygen atoms in total. The topological polar surface area (TPSA) is 65.4 Å². The molecule has 1 aromatic heterocycles. The zero-order chi connectivity index (χ0) is 14.4. The molecule has 1 aromatic carbocycles. The number of hydrogen-bond donors (Lipinski definition) is 1. The molecule has 2 rings (SSSR count). The van der Waals surface area contributed by atoms with Crippen molar-refractivity contribution in [1.29, 1.82) is 0 Å². The van der Waals surface area contributed by atoms with Gasteiger partial charge in [0.15, 0.2) is 18.1 Å². The molecule has 0 unspecified atom stereocenters. The smallest absolute Gasteiger partial charge is 0.258 e. The minimum Gasteiger partial charge on any atom is -0.493 e. The maximum atomic E-state index is 11.7. The van der Waals surface area contributed by atoms with Crippen LogP contribution in [0.4, 0.5) is 0 Å². The number of ether oxygens (including phenoxy) is 2. The minimum absolute atomic E-state index is 0.0549. The van der Waals surface area contributed by atoms with Gasteiger partial charge in [0.2, 0.25) is 0 Å². The summed E-state index contributed by atoms with van der Waals surface area (Å²) < 4.78 is 12.3. The van der Waals surface area contributed by atoms with Crippen LogP contribution >= 0.6 is 0 Å². The highest BCUT2D eigenvalue weighted by molar-refractivity contribution is 5.77. The molecule has 0 atom stereocenters. The van der Waals surface area contributed by atoms with Crippen LogP contribution in [0.5, 0.6) is 11.5 Å². The van der Waals surface area contributed by atoms with Gasteiger partial charge in [-0.15, -0.1) is 0 Å². The van der Waals surface area contributed by atoms with Gasteiger partial charge in [-0.2, -0.15) is 5.10 Å². The standard InChI is InChI=1S/C14H17N3O3/c1-17-9-11(8-16-17)7-15-14(18)10-20-13-6-4-3-5-12(13)19-2/h3-6,8-9H,7,10H2,1-2H3,(H,15,18). The normalized spacial score (nSPS) is 10.1. The third-order valence-corrected chi connectivity index (χ3v) is 2.68. The molecular weight excluding hydrogens is 258 g/mol. The average molecular weight is 275 g/mol. The molecule has 20 heavy (non-hydrogen) atoms. The molecule has 1 amide bonds. The quantitative estimate of drug-likeness (QED) is 0.858. The van der Waals surface area contributed by atoms with Crippen LogP contribution in [-0.2, 0) is 18.4 Å². The number of para-hydroxylation sites is 2. The van der Waals surface area contributed by atoms with Gasteiger partial charge in [-0.05, 0) is 12.1 Å². The number of nitrogens with zero attached hydrogens (tertiary/aromatic N) is 2. The Morgan fingerprint density at radius 1 is 1.35 bits per heavy atom. The molecule has 0 aliphatic carbocycles. The monoisotopic (exact) mass is 275 g/mol. The van der Waals surface area contributed by atoms with E-state index in [-0.39, 0.29) is 12.5 Å². The van der Waals surface area contributed by atoms with Gasteiger partial charge in [-0.1, -0.05) is 12.1 Å². The first-order chi connectivity index (χ1) is 9.69. The number of hydrogen-bond acceptors (Lipinski definition) is 4. The van der Waals surface area contributed by atoms with E-state index in [2.05, 4.69) is 10.4 Å². The first kappa shape index (κ1) is 13.9. The van der Waals surface area contributed by atoms with Gasteiger partial charge >= 0.3 is 0 Å². The van der Waals surface area contributed by atoms with Gasteiger partial charge in [0.05, 0.1) is 13.3 Å². The SMILES string of the molecule is COc1ccccc1OCC(=O)NCc1cnn(C)c1. The second kappa shape index (κ2) is 6.60. The molecule has 2 aromatic rings. The third kappa shape index (κ3) is 3.74. The number of methoxy groups -OCH3 is 1. The van der Waals surface area contributed by atoms with Crippen LogP contribution in [0.3, 0.4) is 0 Å². The van der Waals surface area contributed by atoms with E-state index in [1.807, 2.05) is 25.4 Å². The molecule has 0 aliphatic rings. The summed E-state index contributed by atoms with van der Waals surface area (Å²) in [7, 11) is 3.39. The Morgan fingerprint density at radius 3 is 2.75 bits per heavy atom. The highest BCUT2D eigenvalue weighted by Gasteiger charge is 2.07. The molecule has 1 heterocycles. The number of benzene rings is 1. The lowest BCUT2D eigenvalue weighted by atomic mass is 10.3. The van der Waals surface area contributed by atoms with Crippen molar-refractivity contribution < 1.29 is 14.3 Å². The van der Waals surface area contributed by atoms with E-state index < -0.39 is 0 Å². The summed E-state index contributed by atoms with van der Waals surface area (Å²) in [6.07, 6.45) is 3.56. The van der Waals surface area contributed by atoms with Gasteiger partial charge in [0, 0.05) is 25.4 Å². The van der Waals surface area contributed by atoms with E-state index in [1.165, 1.54) is 0 Å². The fraction of sp³-hybridized carbons (Fsp3) is 0.286. The molecule has 0 radical (unpaired) electrons. The maximum absolute atomic E-state index is 11.7. The minimum atomic E-state index is -0.195. The Kier molecular flexibility index (Phi) is 4.60. The van der Waals surface area contributed by atoms with Gasteiger partial charge in [-0.3, -0.25) is 9.48 Å². The molecule has 0 saturated carbocycles. The van der Waals surface area contributed by atoms with Gasteiger partial charge in [0.1, 0.15) is 0 Å². The molecule has 0 aliphatic heterocycles. The van der Waals surface area contributed by atoms with Crippen molar-refractivity contribution in [3.8, 4) is 11.5 Å². The van der Waals surface area contributed by atoms with Crippen molar-refractivity contribution in [2.45, 2.75) is 6.54 Å². The number of aromatic nitrogens is 2. The van der Waals surface area contributed by atoms with E-state index in [9.17, 15) is 4.79 Å². The van der Waals surface area contributed by atoms with Crippen LogP contribution < -0.4 is 14.8 Å². The predicted molar refractivity (Wildman–Crippen MR) is 73.5 cm³/mol. The number of amides is 1. The van der Waals surface area contributed by atoms with Crippen LogP contribution in [0.2, 0.25) is 0 Å². The van der Waals surface area contributed by atoms with Crippen molar-refractivity contribution in [2.24, 2.45) is 7.05 Å². The zero-order valence-electron chi connectivity index (χ0n) is 11.5. The molecule has 0 fully saturated rings. The summed E-state index contributed by atoms with van der Waals surface area (Å²) in [5.41, 5.74) is 0.943. The lowest BCUT2D eigenvalue weighted by molar-refractivity contribution is -0.123. The fourth-order valence-corrected chi connectivity index (χ4v) is 1.70. The van der Waals surface area contributed by atoms with Gasteiger partial charge < -0.3 is 14.8 Å². The number of nitrogens with one attached hydrogen (secondary N) is 1. The Hall–Kier alpha value is -2.50. The first-order valence-corrected chi connectivity index (χ1v) is 6.19. The van der Waals surface area contributed by atoms with Crippen LogP contribution in [-0.4, -0.2) is 29.4 Å². The summed E-state index contributed by atoms with van der Waals surface area (Å²) in [5, 5.41) is 6.79. The van der Waals surface area contributed by atoms with Crippen molar-refractivity contribution in [2.75, 3.05) is 13.7 Å². The summed E-state index contributed by atoms with van der Waals surface area (Å²) in [4.78, 5) is 11.7. The largest absolute Gasteiger partial charge is 0.493 e. The fourth-order valence-electron chi connectivity index (χ4n) is 1.70. The Labute approximate surface area is 117 Å². The van der Waals surface area contributed by atoms with Crippen LogP contribution in [0.1, 0.15) is 5.56 Å². The maximum Gasteiger partial charge on any atom is 0.258 e. The molecule has 1 N–H and O–H groups in total. The summed E-state index contributed by atoms with van der Waals surface area (Å²) in [6.45, 7) is 0.378. The Morgan fingerprint density at radius 2 is 2.10 bits per heavy atom. The van der Waals surface area contributed by atoms with E-state index in [0.717, 1.165) is 5.56 Å². The number of aryl methyl sites for hydroxylation is 1. The van der Waals surface area contributed by atoms with Crippen molar-refractivity contribution in [3.05, 3.63) is 42.2 Å². The summed E-state index contributed by atoms with van der Waals surface area (Å²) in [5.74, 6) is 0.957. The number of carbonyl (C=O) groups is 1. The van der Waals surface area contributed by atoms with E-state index in [0.29, 0.717) is 18.0 Å². The van der Waals surface area contributed by atoms with Crippen molar-refractivity contribution in [1.82, 2.24) is 15.1 Å². The van der Waals surface area contributed by atoms with Crippen LogP contribution in [0, 0.1) is 0 Å². The molecule has 106 valence electrons. The highest BCUT2D eigenvalue weighted by Crippen LogP contribution is 2.25. The van der Waals surface area contributed by atoms with Gasteiger partial charge in [-0.25, -0.2) is 0 Å².